The fourth-order valence-electron chi connectivity index (χ4n) is 5.95. The number of carbonyl (C=O) groups is 3. The molecule has 8 nitrogen and oxygen atoms in total. The second-order valence-corrected chi connectivity index (χ2v) is 11.2. The van der Waals surface area contributed by atoms with Crippen LogP contribution in [0.1, 0.15) is 41.7 Å². The Morgan fingerprint density at radius 2 is 1.36 bits per heavy atom. The van der Waals surface area contributed by atoms with Gasteiger partial charge in [-0.1, -0.05) is 72.3 Å². The van der Waals surface area contributed by atoms with E-state index in [2.05, 4.69) is 0 Å². The maximum atomic E-state index is 13.6. The Labute approximate surface area is 272 Å². The molecule has 0 atom stereocenters. The van der Waals surface area contributed by atoms with Gasteiger partial charge in [-0.05, 0) is 72.0 Å². The molecule has 2 heterocycles. The Balaban J connectivity index is 1.51. The van der Waals surface area contributed by atoms with Crippen LogP contribution in [0, 0.1) is 6.92 Å². The van der Waals surface area contributed by atoms with Gasteiger partial charge in [0.1, 0.15) is 22.7 Å². The van der Waals surface area contributed by atoms with E-state index >= 15 is 0 Å². The van der Waals surface area contributed by atoms with Gasteiger partial charge in [0.05, 0.1) is 26.9 Å². The fourth-order valence-corrected chi connectivity index (χ4v) is 5.95. The van der Waals surface area contributed by atoms with Crippen LogP contribution < -0.4 is 4.74 Å². The highest BCUT2D eigenvalue weighted by Gasteiger charge is 2.38. The molecule has 0 radical (unpaired) electrons. The van der Waals surface area contributed by atoms with Crippen molar-refractivity contribution in [1.82, 2.24) is 0 Å². The Morgan fingerprint density at radius 1 is 0.702 bits per heavy atom. The quantitative estimate of drug-likeness (QED) is 0.119. The summed E-state index contributed by atoms with van der Waals surface area (Å²) in [6.07, 6.45) is 0. The van der Waals surface area contributed by atoms with E-state index in [9.17, 15) is 14.4 Å². The summed E-state index contributed by atoms with van der Waals surface area (Å²) in [4.78, 5) is 40.0. The predicted octanol–water partition coefficient (Wildman–Crippen LogP) is 7.42. The third-order valence-electron chi connectivity index (χ3n) is 8.41. The standard InChI is InChI=1S/C39H32O8/c1-21-10-12-26(13-11-21)32(37(40)45-6)36-35(44-5)33(39(42)47-36)29-9-7-8-25-14-15-27(20-30(25)29)31-23(3)34(46-38(31)41)22(2)24-16-18-28(43-4)19-17-24/h7-20H,1-6H3/b34-22-,36-32+. The number of carbonyl (C=O) groups excluding carboxylic acids is 3. The molecule has 0 bridgehead atoms. The minimum absolute atomic E-state index is 0.0296. The van der Waals surface area contributed by atoms with Gasteiger partial charge in [0.15, 0.2) is 11.5 Å². The van der Waals surface area contributed by atoms with E-state index < -0.39 is 17.9 Å². The van der Waals surface area contributed by atoms with E-state index in [-0.39, 0.29) is 22.7 Å². The van der Waals surface area contributed by atoms with Gasteiger partial charge >= 0.3 is 17.9 Å². The number of hydrogen-bond acceptors (Lipinski definition) is 8. The molecule has 2 aliphatic heterocycles. The lowest BCUT2D eigenvalue weighted by molar-refractivity contribution is -0.134. The molecule has 8 heteroatoms. The lowest BCUT2D eigenvalue weighted by Gasteiger charge is -2.12. The lowest BCUT2D eigenvalue weighted by Crippen LogP contribution is -2.09. The van der Waals surface area contributed by atoms with Gasteiger partial charge in [-0.15, -0.1) is 0 Å². The zero-order chi connectivity index (χ0) is 33.4. The Morgan fingerprint density at radius 3 is 2.02 bits per heavy atom. The average Bonchev–Trinajstić information content (AvgIpc) is 3.58. The number of rotatable bonds is 7. The van der Waals surface area contributed by atoms with Crippen LogP contribution in [0.5, 0.6) is 5.75 Å². The maximum absolute atomic E-state index is 13.6. The first-order valence-corrected chi connectivity index (χ1v) is 14.9. The van der Waals surface area contributed by atoms with Crippen molar-refractivity contribution in [3.63, 3.8) is 0 Å². The number of fused-ring (bicyclic) bond motifs is 1. The van der Waals surface area contributed by atoms with Gasteiger partial charge in [-0.2, -0.15) is 0 Å². The number of cyclic esters (lactones) is 2. The van der Waals surface area contributed by atoms with Crippen LogP contribution in [0.3, 0.4) is 0 Å². The van der Waals surface area contributed by atoms with E-state index in [1.54, 1.807) is 25.3 Å². The molecule has 4 aromatic rings. The summed E-state index contributed by atoms with van der Waals surface area (Å²) in [6, 6.07) is 25.9. The van der Waals surface area contributed by atoms with Gasteiger partial charge in [0, 0.05) is 11.1 Å². The molecule has 0 unspecified atom stereocenters. The summed E-state index contributed by atoms with van der Waals surface area (Å²) < 4.78 is 27.7. The van der Waals surface area contributed by atoms with Crippen molar-refractivity contribution >= 4 is 51.0 Å². The largest absolute Gasteiger partial charge is 0.497 e. The molecular weight excluding hydrogens is 596 g/mol. The number of ether oxygens (including phenoxy) is 5. The minimum Gasteiger partial charge on any atom is -0.497 e. The van der Waals surface area contributed by atoms with Crippen molar-refractivity contribution < 1.29 is 38.1 Å². The first kappa shape index (κ1) is 31.1. The molecule has 0 amide bonds. The monoisotopic (exact) mass is 628 g/mol. The van der Waals surface area contributed by atoms with Crippen molar-refractivity contribution in [2.75, 3.05) is 21.3 Å². The van der Waals surface area contributed by atoms with Crippen molar-refractivity contribution in [2.24, 2.45) is 0 Å². The van der Waals surface area contributed by atoms with Gasteiger partial charge in [0.2, 0.25) is 0 Å². The number of esters is 3. The smallest absolute Gasteiger partial charge is 0.348 e. The molecule has 0 saturated carbocycles. The zero-order valence-electron chi connectivity index (χ0n) is 26.8. The number of methoxy groups -OCH3 is 3. The molecule has 236 valence electrons. The molecule has 0 spiro atoms. The summed E-state index contributed by atoms with van der Waals surface area (Å²) in [6.45, 7) is 5.69. The summed E-state index contributed by atoms with van der Waals surface area (Å²) in [5, 5.41) is 1.50. The molecule has 0 fully saturated rings. The molecule has 6 rings (SSSR count). The average molecular weight is 629 g/mol. The van der Waals surface area contributed by atoms with Crippen LogP contribution in [0.15, 0.2) is 108 Å². The normalized spacial score (nSPS) is 16.7. The van der Waals surface area contributed by atoms with Crippen LogP contribution in [-0.2, 0) is 33.3 Å². The fraction of sp³-hybridized carbons (Fsp3) is 0.154. The molecule has 2 aliphatic rings. The van der Waals surface area contributed by atoms with Gasteiger partial charge in [0.25, 0.3) is 0 Å². The molecule has 0 aromatic heterocycles. The molecule has 4 aromatic carbocycles. The van der Waals surface area contributed by atoms with E-state index in [1.807, 2.05) is 87.5 Å². The highest BCUT2D eigenvalue weighted by atomic mass is 16.6. The highest BCUT2D eigenvalue weighted by molar-refractivity contribution is 6.28. The zero-order valence-corrected chi connectivity index (χ0v) is 26.8. The molecule has 47 heavy (non-hydrogen) atoms. The number of aryl methyl sites for hydroxylation is 1. The molecule has 0 aliphatic carbocycles. The number of allylic oxidation sites excluding steroid dienone is 2. The molecule has 0 saturated heterocycles. The topological polar surface area (TPSA) is 97.4 Å². The maximum Gasteiger partial charge on any atom is 0.348 e. The SMILES string of the molecule is COC(=O)/C(=C1/OC(=O)C(c2cccc3ccc(C4=C(C)/C(=C(\C)c5ccc(OC)cc5)OC4=O)cc23)=C1OC)c1ccc(C)cc1. The van der Waals surface area contributed by atoms with Crippen molar-refractivity contribution in [1.29, 1.82) is 0 Å². The number of benzene rings is 4. The summed E-state index contributed by atoms with van der Waals surface area (Å²) >= 11 is 0. The first-order valence-electron chi connectivity index (χ1n) is 14.9. The van der Waals surface area contributed by atoms with Crippen molar-refractivity contribution in [2.45, 2.75) is 20.8 Å². The van der Waals surface area contributed by atoms with Gasteiger partial charge in [-0.25, -0.2) is 14.4 Å². The molecule has 0 N–H and O–H groups in total. The first-order chi connectivity index (χ1) is 22.7. The Bertz CT molecular complexity index is 2090. The van der Waals surface area contributed by atoms with Crippen molar-refractivity contribution in [3.05, 3.63) is 136 Å². The Kier molecular flexibility index (Phi) is 8.26. The predicted molar refractivity (Wildman–Crippen MR) is 178 cm³/mol. The summed E-state index contributed by atoms with van der Waals surface area (Å²) in [5.41, 5.74) is 5.70. The van der Waals surface area contributed by atoms with Crippen molar-refractivity contribution in [3.8, 4) is 5.75 Å². The van der Waals surface area contributed by atoms with Crippen LogP contribution in [0.2, 0.25) is 0 Å². The minimum atomic E-state index is -0.681. The van der Waals surface area contributed by atoms with Crippen LogP contribution >= 0.6 is 0 Å². The van der Waals surface area contributed by atoms with Crippen LogP contribution in [-0.4, -0.2) is 39.2 Å². The summed E-state index contributed by atoms with van der Waals surface area (Å²) in [5.74, 6) is -0.531. The lowest BCUT2D eigenvalue weighted by atomic mass is 9.92. The third kappa shape index (κ3) is 5.48. The second-order valence-electron chi connectivity index (χ2n) is 11.2. The number of hydrogen-bond donors (Lipinski definition) is 0. The van der Waals surface area contributed by atoms with Gasteiger partial charge in [-0.3, -0.25) is 0 Å². The Hall–Kier alpha value is -5.89. The van der Waals surface area contributed by atoms with E-state index in [0.29, 0.717) is 39.0 Å². The third-order valence-corrected chi connectivity index (χ3v) is 8.41. The highest BCUT2D eigenvalue weighted by Crippen LogP contribution is 2.42. The second kappa shape index (κ2) is 12.5. The summed E-state index contributed by atoms with van der Waals surface area (Å²) in [7, 11) is 4.29. The van der Waals surface area contributed by atoms with Crippen LogP contribution in [0.25, 0.3) is 33.1 Å². The van der Waals surface area contributed by atoms with E-state index in [4.69, 9.17) is 23.7 Å². The molecular formula is C39H32O8. The van der Waals surface area contributed by atoms with Gasteiger partial charge < -0.3 is 23.7 Å². The van der Waals surface area contributed by atoms with E-state index in [0.717, 1.165) is 27.8 Å². The van der Waals surface area contributed by atoms with E-state index in [1.165, 1.54) is 14.2 Å². The van der Waals surface area contributed by atoms with Crippen LogP contribution in [0.4, 0.5) is 0 Å².